The zero-order valence-electron chi connectivity index (χ0n) is 7.86. The first-order valence-corrected chi connectivity index (χ1v) is 5.38. The molecule has 2 saturated heterocycles. The van der Waals surface area contributed by atoms with Gasteiger partial charge in [0.2, 0.25) is 5.91 Å². The van der Waals surface area contributed by atoms with E-state index in [1.54, 1.807) is 4.90 Å². The minimum Gasteiger partial charge on any atom is -0.453 e. The third kappa shape index (κ3) is 1.54. The molecule has 2 unspecified atom stereocenters. The molecular formula is C8H12N2O3S. The number of hydrogen-bond donors (Lipinski definition) is 1. The van der Waals surface area contributed by atoms with E-state index in [2.05, 4.69) is 9.46 Å². The standard InChI is InChI=1S/C8H12N2O3S/c1-13-8(12)10-3-2-6-5(4-10)7(11)9-14-6/h5-6H,2-4H2,1H3,(H,9,11). The van der Waals surface area contributed by atoms with Gasteiger partial charge in [-0.25, -0.2) is 4.79 Å². The fourth-order valence-corrected chi connectivity index (χ4v) is 2.84. The number of nitrogens with one attached hydrogen (secondary N) is 1. The van der Waals surface area contributed by atoms with E-state index in [4.69, 9.17) is 0 Å². The highest BCUT2D eigenvalue weighted by molar-refractivity contribution is 7.99. The number of carbonyl (C=O) groups is 2. The second-order valence-corrected chi connectivity index (χ2v) is 4.48. The molecule has 5 nitrogen and oxygen atoms in total. The number of fused-ring (bicyclic) bond motifs is 1. The van der Waals surface area contributed by atoms with Crippen LogP contribution in [0.5, 0.6) is 0 Å². The molecule has 14 heavy (non-hydrogen) atoms. The topological polar surface area (TPSA) is 58.6 Å². The van der Waals surface area contributed by atoms with Gasteiger partial charge in [0, 0.05) is 18.3 Å². The fourth-order valence-electron chi connectivity index (χ4n) is 1.83. The van der Waals surface area contributed by atoms with Gasteiger partial charge in [0.15, 0.2) is 0 Å². The van der Waals surface area contributed by atoms with Gasteiger partial charge >= 0.3 is 6.09 Å². The van der Waals surface area contributed by atoms with E-state index in [0.29, 0.717) is 18.3 Å². The van der Waals surface area contributed by atoms with Crippen LogP contribution in [0.4, 0.5) is 4.79 Å². The van der Waals surface area contributed by atoms with Gasteiger partial charge < -0.3 is 9.64 Å². The molecule has 0 aromatic heterocycles. The van der Waals surface area contributed by atoms with Crippen LogP contribution in [0.2, 0.25) is 0 Å². The van der Waals surface area contributed by atoms with Crippen molar-refractivity contribution in [2.45, 2.75) is 11.7 Å². The highest BCUT2D eigenvalue weighted by Crippen LogP contribution is 2.32. The van der Waals surface area contributed by atoms with Gasteiger partial charge in [-0.1, -0.05) is 0 Å². The summed E-state index contributed by atoms with van der Waals surface area (Å²) in [6.45, 7) is 1.16. The van der Waals surface area contributed by atoms with Gasteiger partial charge in [0.05, 0.1) is 13.0 Å². The van der Waals surface area contributed by atoms with Crippen LogP contribution < -0.4 is 4.72 Å². The van der Waals surface area contributed by atoms with E-state index in [1.807, 2.05) is 0 Å². The minimum atomic E-state index is -0.340. The van der Waals surface area contributed by atoms with E-state index in [0.717, 1.165) is 6.42 Å². The molecule has 0 radical (unpaired) electrons. The molecule has 0 saturated carbocycles. The van der Waals surface area contributed by atoms with Crippen molar-refractivity contribution in [2.24, 2.45) is 5.92 Å². The first-order chi connectivity index (χ1) is 6.72. The second kappa shape index (κ2) is 3.68. The molecule has 2 fully saturated rings. The Hall–Kier alpha value is -0.910. The average Bonchev–Trinajstić information content (AvgIpc) is 2.59. The van der Waals surface area contributed by atoms with E-state index in [1.165, 1.54) is 19.1 Å². The number of amides is 2. The molecule has 0 aliphatic carbocycles. The SMILES string of the molecule is COC(=O)N1CCC2SNC(=O)C2C1. The Labute approximate surface area is 86.3 Å². The number of hydrogen-bond acceptors (Lipinski definition) is 4. The molecule has 6 heteroatoms. The Kier molecular flexibility index (Phi) is 2.54. The van der Waals surface area contributed by atoms with Crippen LogP contribution in [0.3, 0.4) is 0 Å². The summed E-state index contributed by atoms with van der Waals surface area (Å²) in [6.07, 6.45) is 0.511. The zero-order chi connectivity index (χ0) is 10.1. The molecule has 2 aliphatic heterocycles. The van der Waals surface area contributed by atoms with Crippen molar-refractivity contribution in [3.63, 3.8) is 0 Å². The summed E-state index contributed by atoms with van der Waals surface area (Å²) < 4.78 is 7.36. The summed E-state index contributed by atoms with van der Waals surface area (Å²) in [5.41, 5.74) is 0. The predicted molar refractivity (Wildman–Crippen MR) is 51.6 cm³/mol. The van der Waals surface area contributed by atoms with Crippen LogP contribution >= 0.6 is 11.9 Å². The maximum absolute atomic E-state index is 11.4. The summed E-state index contributed by atoms with van der Waals surface area (Å²) in [7, 11) is 1.36. The molecule has 0 spiro atoms. The Balaban J connectivity index is 2.01. The van der Waals surface area contributed by atoms with E-state index >= 15 is 0 Å². The highest BCUT2D eigenvalue weighted by atomic mass is 32.2. The second-order valence-electron chi connectivity index (χ2n) is 3.43. The Morgan fingerprint density at radius 3 is 3.21 bits per heavy atom. The van der Waals surface area contributed by atoms with Crippen LogP contribution in [-0.4, -0.2) is 42.3 Å². The zero-order valence-corrected chi connectivity index (χ0v) is 8.67. The number of likely N-dealkylation sites (tertiary alicyclic amines) is 1. The predicted octanol–water partition coefficient (Wildman–Crippen LogP) is 0.221. The van der Waals surface area contributed by atoms with Gasteiger partial charge in [-0.2, -0.15) is 0 Å². The third-order valence-electron chi connectivity index (χ3n) is 2.63. The molecule has 78 valence electrons. The van der Waals surface area contributed by atoms with Crippen LogP contribution in [-0.2, 0) is 9.53 Å². The number of carbonyl (C=O) groups excluding carboxylic acids is 2. The van der Waals surface area contributed by atoms with Gasteiger partial charge in [0.25, 0.3) is 0 Å². The molecule has 0 aromatic carbocycles. The van der Waals surface area contributed by atoms with Crippen LogP contribution in [0, 0.1) is 5.92 Å². The average molecular weight is 216 g/mol. The van der Waals surface area contributed by atoms with Crippen molar-refractivity contribution in [1.82, 2.24) is 9.62 Å². The highest BCUT2D eigenvalue weighted by Gasteiger charge is 2.41. The van der Waals surface area contributed by atoms with Crippen LogP contribution in [0.1, 0.15) is 6.42 Å². The van der Waals surface area contributed by atoms with Crippen molar-refractivity contribution < 1.29 is 14.3 Å². The molecule has 2 atom stereocenters. The molecule has 2 heterocycles. The lowest BCUT2D eigenvalue weighted by atomic mass is 9.97. The monoisotopic (exact) mass is 216 g/mol. The van der Waals surface area contributed by atoms with Crippen molar-refractivity contribution in [2.75, 3.05) is 20.2 Å². The van der Waals surface area contributed by atoms with Crippen molar-refractivity contribution in [1.29, 1.82) is 0 Å². The van der Waals surface area contributed by atoms with Crippen LogP contribution in [0.25, 0.3) is 0 Å². The van der Waals surface area contributed by atoms with Crippen molar-refractivity contribution in [3.8, 4) is 0 Å². The molecule has 2 amide bonds. The molecule has 0 aromatic rings. The van der Waals surface area contributed by atoms with Crippen LogP contribution in [0.15, 0.2) is 0 Å². The van der Waals surface area contributed by atoms with E-state index in [-0.39, 0.29) is 17.9 Å². The smallest absolute Gasteiger partial charge is 0.409 e. The van der Waals surface area contributed by atoms with Gasteiger partial charge in [-0.3, -0.25) is 9.52 Å². The largest absolute Gasteiger partial charge is 0.453 e. The van der Waals surface area contributed by atoms with E-state index < -0.39 is 0 Å². The molecule has 2 rings (SSSR count). The lowest BCUT2D eigenvalue weighted by molar-refractivity contribution is -0.123. The number of methoxy groups -OCH3 is 1. The lowest BCUT2D eigenvalue weighted by Gasteiger charge is -2.31. The molecular weight excluding hydrogens is 204 g/mol. The Morgan fingerprint density at radius 1 is 1.71 bits per heavy atom. The first kappa shape index (κ1) is 9.64. The summed E-state index contributed by atoms with van der Waals surface area (Å²) in [5, 5.41) is 0.323. The summed E-state index contributed by atoms with van der Waals surface area (Å²) in [4.78, 5) is 24.2. The summed E-state index contributed by atoms with van der Waals surface area (Å²) in [6, 6.07) is 0. The third-order valence-corrected chi connectivity index (χ3v) is 3.82. The maximum atomic E-state index is 11.4. The lowest BCUT2D eigenvalue weighted by Crippen LogP contribution is -2.45. The minimum absolute atomic E-state index is 0.0357. The van der Waals surface area contributed by atoms with Crippen molar-refractivity contribution >= 4 is 23.9 Å². The van der Waals surface area contributed by atoms with Gasteiger partial charge in [-0.15, -0.1) is 0 Å². The molecule has 2 aliphatic rings. The van der Waals surface area contributed by atoms with Gasteiger partial charge in [-0.05, 0) is 18.4 Å². The Bertz CT molecular complexity index is 271. The number of rotatable bonds is 0. The fraction of sp³-hybridized carbons (Fsp3) is 0.750. The number of ether oxygens (including phenoxy) is 1. The first-order valence-electron chi connectivity index (χ1n) is 4.51. The summed E-state index contributed by atoms with van der Waals surface area (Å²) >= 11 is 1.48. The quantitative estimate of drug-likeness (QED) is 0.588. The van der Waals surface area contributed by atoms with E-state index in [9.17, 15) is 9.59 Å². The normalized spacial score (nSPS) is 30.9. The maximum Gasteiger partial charge on any atom is 0.409 e. The molecule has 1 N–H and O–H groups in total. The number of piperidine rings is 1. The van der Waals surface area contributed by atoms with Gasteiger partial charge in [0.1, 0.15) is 0 Å². The van der Waals surface area contributed by atoms with Crippen molar-refractivity contribution in [3.05, 3.63) is 0 Å². The summed E-state index contributed by atoms with van der Waals surface area (Å²) in [5.74, 6) is -0.0264. The molecule has 0 bridgehead atoms. The number of nitrogens with zero attached hydrogens (tertiary/aromatic N) is 1. The Morgan fingerprint density at radius 2 is 2.50 bits per heavy atom.